The van der Waals surface area contributed by atoms with Crippen LogP contribution in [-0.4, -0.2) is 25.7 Å². The number of methoxy groups -OCH3 is 1. The van der Waals surface area contributed by atoms with E-state index in [-0.39, 0.29) is 12.5 Å². The number of aryl methyl sites for hydroxylation is 1. The van der Waals surface area contributed by atoms with Crippen molar-refractivity contribution in [3.05, 3.63) is 29.8 Å². The second-order valence-corrected chi connectivity index (χ2v) is 3.86. The van der Waals surface area contributed by atoms with Crippen LogP contribution in [0, 0.1) is 0 Å². The minimum atomic E-state index is -0.593. The average Bonchev–Trinajstić information content (AvgIpc) is 2.33. The molecule has 1 rings (SSSR count). The van der Waals surface area contributed by atoms with Crippen molar-refractivity contribution < 1.29 is 9.53 Å². The molecule has 0 spiro atoms. The van der Waals surface area contributed by atoms with Gasteiger partial charge in [-0.1, -0.05) is 31.5 Å². The van der Waals surface area contributed by atoms with Crippen molar-refractivity contribution in [3.8, 4) is 0 Å². The van der Waals surface area contributed by atoms with Crippen molar-refractivity contribution in [1.82, 2.24) is 0 Å². The number of nitrogens with one attached hydrogen (secondary N) is 1. The van der Waals surface area contributed by atoms with Crippen molar-refractivity contribution in [2.24, 2.45) is 5.73 Å². The van der Waals surface area contributed by atoms with Gasteiger partial charge in [0.2, 0.25) is 0 Å². The predicted octanol–water partition coefficient (Wildman–Crippen LogP) is 1.55. The summed E-state index contributed by atoms with van der Waals surface area (Å²) in [6.07, 6.45) is 1.39. The van der Waals surface area contributed by atoms with Crippen molar-refractivity contribution in [3.63, 3.8) is 0 Å². The lowest BCUT2D eigenvalue weighted by molar-refractivity contribution is -0.125. The molecule has 0 fully saturated rings. The molecule has 0 radical (unpaired) electrons. The van der Waals surface area contributed by atoms with E-state index in [0.29, 0.717) is 0 Å². The second kappa shape index (κ2) is 7.04. The van der Waals surface area contributed by atoms with Gasteiger partial charge in [0.25, 0.3) is 5.91 Å². The minimum absolute atomic E-state index is 0.179. The standard InChI is InChI=1S/C13H20N2O2/c1-3-6-10-7-4-5-8-11(10)15-13(16)12(9-14)17-2/h4-5,7-8,12H,3,6,9,14H2,1-2H3,(H,15,16). The van der Waals surface area contributed by atoms with E-state index in [2.05, 4.69) is 12.2 Å². The predicted molar refractivity (Wildman–Crippen MR) is 68.9 cm³/mol. The number of hydrogen-bond donors (Lipinski definition) is 2. The summed E-state index contributed by atoms with van der Waals surface area (Å²) in [6.45, 7) is 2.29. The summed E-state index contributed by atoms with van der Waals surface area (Å²) in [5, 5.41) is 2.85. The Labute approximate surface area is 102 Å². The fourth-order valence-corrected chi connectivity index (χ4v) is 1.65. The highest BCUT2D eigenvalue weighted by Crippen LogP contribution is 2.17. The third-order valence-electron chi connectivity index (χ3n) is 2.59. The maximum absolute atomic E-state index is 11.8. The number of anilines is 1. The van der Waals surface area contributed by atoms with Gasteiger partial charge in [-0.2, -0.15) is 0 Å². The van der Waals surface area contributed by atoms with Gasteiger partial charge in [0.05, 0.1) is 0 Å². The number of nitrogens with two attached hydrogens (primary N) is 1. The van der Waals surface area contributed by atoms with Gasteiger partial charge in [0.1, 0.15) is 6.10 Å². The topological polar surface area (TPSA) is 64.4 Å². The van der Waals surface area contributed by atoms with Crippen LogP contribution in [0.2, 0.25) is 0 Å². The molecule has 4 nitrogen and oxygen atoms in total. The molecule has 0 saturated heterocycles. The Morgan fingerprint density at radius 1 is 1.47 bits per heavy atom. The zero-order valence-corrected chi connectivity index (χ0v) is 10.4. The Morgan fingerprint density at radius 2 is 2.18 bits per heavy atom. The Kier molecular flexibility index (Phi) is 5.66. The fraction of sp³-hybridized carbons (Fsp3) is 0.462. The van der Waals surface area contributed by atoms with E-state index in [0.717, 1.165) is 24.1 Å². The summed E-state index contributed by atoms with van der Waals surface area (Å²) in [4.78, 5) is 11.8. The van der Waals surface area contributed by atoms with Gasteiger partial charge in [-0.15, -0.1) is 0 Å². The molecule has 0 saturated carbocycles. The molecule has 0 aromatic heterocycles. The van der Waals surface area contributed by atoms with Gasteiger partial charge in [0.15, 0.2) is 0 Å². The smallest absolute Gasteiger partial charge is 0.254 e. The molecule has 0 heterocycles. The second-order valence-electron chi connectivity index (χ2n) is 3.86. The summed E-state index contributed by atoms with van der Waals surface area (Å²) in [5.74, 6) is -0.196. The molecule has 94 valence electrons. The summed E-state index contributed by atoms with van der Waals surface area (Å²) in [6, 6.07) is 7.78. The van der Waals surface area contributed by atoms with Crippen LogP contribution in [0.4, 0.5) is 5.69 Å². The Hall–Kier alpha value is -1.39. The van der Waals surface area contributed by atoms with E-state index in [1.165, 1.54) is 7.11 Å². The van der Waals surface area contributed by atoms with Crippen LogP contribution in [0.25, 0.3) is 0 Å². The number of carbonyl (C=O) groups is 1. The van der Waals surface area contributed by atoms with Crippen molar-refractivity contribution in [2.75, 3.05) is 19.0 Å². The SMILES string of the molecule is CCCc1ccccc1NC(=O)C(CN)OC. The summed E-state index contributed by atoms with van der Waals surface area (Å²) < 4.78 is 5.00. The molecule has 1 unspecified atom stereocenters. The Bertz CT molecular complexity index is 362. The van der Waals surface area contributed by atoms with Crippen molar-refractivity contribution in [1.29, 1.82) is 0 Å². The molecule has 0 aliphatic heterocycles. The molecule has 17 heavy (non-hydrogen) atoms. The van der Waals surface area contributed by atoms with Gasteiger partial charge in [-0.05, 0) is 18.1 Å². The lowest BCUT2D eigenvalue weighted by atomic mass is 10.1. The largest absolute Gasteiger partial charge is 0.370 e. The number of amides is 1. The third kappa shape index (κ3) is 3.84. The van der Waals surface area contributed by atoms with Gasteiger partial charge in [-0.25, -0.2) is 0 Å². The molecule has 0 aliphatic carbocycles. The zero-order valence-electron chi connectivity index (χ0n) is 10.4. The molecular weight excluding hydrogens is 216 g/mol. The lowest BCUT2D eigenvalue weighted by Gasteiger charge is -2.15. The monoisotopic (exact) mass is 236 g/mol. The van der Waals surface area contributed by atoms with E-state index >= 15 is 0 Å². The minimum Gasteiger partial charge on any atom is -0.370 e. The van der Waals surface area contributed by atoms with E-state index < -0.39 is 6.10 Å². The van der Waals surface area contributed by atoms with E-state index in [4.69, 9.17) is 10.5 Å². The zero-order chi connectivity index (χ0) is 12.7. The van der Waals surface area contributed by atoms with Crippen LogP contribution >= 0.6 is 0 Å². The molecule has 3 N–H and O–H groups in total. The first-order chi connectivity index (χ1) is 8.22. The molecule has 1 atom stereocenters. The number of benzene rings is 1. The molecular formula is C13H20N2O2. The molecule has 1 aromatic carbocycles. The first-order valence-corrected chi connectivity index (χ1v) is 5.84. The fourth-order valence-electron chi connectivity index (χ4n) is 1.65. The third-order valence-corrected chi connectivity index (χ3v) is 2.59. The molecule has 4 heteroatoms. The van der Waals surface area contributed by atoms with Crippen LogP contribution in [0.1, 0.15) is 18.9 Å². The van der Waals surface area contributed by atoms with Gasteiger partial charge >= 0.3 is 0 Å². The highest BCUT2D eigenvalue weighted by Gasteiger charge is 2.16. The van der Waals surface area contributed by atoms with Gasteiger partial charge in [0, 0.05) is 19.3 Å². The first-order valence-electron chi connectivity index (χ1n) is 5.84. The average molecular weight is 236 g/mol. The maximum Gasteiger partial charge on any atom is 0.254 e. The van der Waals surface area contributed by atoms with E-state index in [9.17, 15) is 4.79 Å². The lowest BCUT2D eigenvalue weighted by Crippen LogP contribution is -2.36. The maximum atomic E-state index is 11.8. The normalized spacial score (nSPS) is 12.2. The van der Waals surface area contributed by atoms with Crippen LogP contribution < -0.4 is 11.1 Å². The summed E-state index contributed by atoms with van der Waals surface area (Å²) in [5.41, 5.74) is 7.43. The number of rotatable bonds is 6. The van der Waals surface area contributed by atoms with Crippen LogP contribution in [0.15, 0.2) is 24.3 Å². The highest BCUT2D eigenvalue weighted by molar-refractivity contribution is 5.95. The molecule has 1 amide bonds. The molecule has 1 aromatic rings. The summed E-state index contributed by atoms with van der Waals surface area (Å²) >= 11 is 0. The Balaban J connectivity index is 2.76. The van der Waals surface area contributed by atoms with Gasteiger partial charge < -0.3 is 15.8 Å². The Morgan fingerprint density at radius 3 is 2.76 bits per heavy atom. The molecule has 0 bridgehead atoms. The highest BCUT2D eigenvalue weighted by atomic mass is 16.5. The number of carbonyl (C=O) groups excluding carboxylic acids is 1. The van der Waals surface area contributed by atoms with Crippen LogP contribution in [-0.2, 0) is 16.0 Å². The van der Waals surface area contributed by atoms with Crippen molar-refractivity contribution in [2.45, 2.75) is 25.9 Å². The molecule has 0 aliphatic rings. The number of para-hydroxylation sites is 1. The van der Waals surface area contributed by atoms with Gasteiger partial charge in [-0.3, -0.25) is 4.79 Å². The van der Waals surface area contributed by atoms with E-state index in [1.54, 1.807) is 0 Å². The van der Waals surface area contributed by atoms with Crippen LogP contribution in [0.3, 0.4) is 0 Å². The van der Waals surface area contributed by atoms with Crippen molar-refractivity contribution >= 4 is 11.6 Å². The first kappa shape index (κ1) is 13.7. The number of ether oxygens (including phenoxy) is 1. The van der Waals surface area contributed by atoms with E-state index in [1.807, 2.05) is 24.3 Å². The number of hydrogen-bond acceptors (Lipinski definition) is 3. The quantitative estimate of drug-likeness (QED) is 0.787. The summed E-state index contributed by atoms with van der Waals surface area (Å²) in [7, 11) is 1.48. The van der Waals surface area contributed by atoms with Crippen LogP contribution in [0.5, 0.6) is 0 Å².